The van der Waals surface area contributed by atoms with Gasteiger partial charge in [-0.05, 0) is 5.56 Å². The van der Waals surface area contributed by atoms with Crippen LogP contribution in [0.25, 0.3) is 0 Å². The highest BCUT2D eigenvalue weighted by Crippen LogP contribution is 2.40. The van der Waals surface area contributed by atoms with Crippen molar-refractivity contribution in [3.8, 4) is 0 Å². The van der Waals surface area contributed by atoms with Gasteiger partial charge in [0.15, 0.2) is 6.04 Å². The van der Waals surface area contributed by atoms with Crippen LogP contribution in [0.1, 0.15) is 5.56 Å². The van der Waals surface area contributed by atoms with Gasteiger partial charge in [0.25, 0.3) is 0 Å². The second kappa shape index (κ2) is 5.08. The Hall–Kier alpha value is -2.57. The van der Waals surface area contributed by atoms with E-state index in [0.717, 1.165) is 5.56 Å². The number of carbonyl (C=O) groups is 3. The Kier molecular flexibility index (Phi) is 3.25. The molecule has 2 aliphatic rings. The first-order chi connectivity index (χ1) is 10.1. The summed E-state index contributed by atoms with van der Waals surface area (Å²) in [7, 11) is 1.20. The Bertz CT molecular complexity index is 586. The fraction of sp³-hybridized carbons (Fsp3) is 0.357. The molecule has 0 radical (unpaired) electrons. The lowest BCUT2D eigenvalue weighted by Gasteiger charge is -2.14. The van der Waals surface area contributed by atoms with Gasteiger partial charge >= 0.3 is 18.0 Å². The van der Waals surface area contributed by atoms with Gasteiger partial charge in [-0.1, -0.05) is 30.3 Å². The molecule has 0 spiro atoms. The summed E-state index contributed by atoms with van der Waals surface area (Å²) in [5.41, 5.74) is 0.838. The van der Waals surface area contributed by atoms with Crippen LogP contribution < -0.4 is 0 Å². The smallest absolute Gasteiger partial charge is 0.411 e. The SMILES string of the molecule is COC(=O)[C@H]1OC(=O)[C@@H]2[C@H]1N2C(=O)OCc1ccccc1. The quantitative estimate of drug-likeness (QED) is 0.457. The van der Waals surface area contributed by atoms with Crippen molar-refractivity contribution < 1.29 is 28.6 Å². The van der Waals surface area contributed by atoms with Gasteiger partial charge in [0.2, 0.25) is 6.10 Å². The lowest BCUT2D eigenvalue weighted by atomic mass is 10.2. The number of morpholine rings is 1. The second-order valence-electron chi connectivity index (χ2n) is 4.76. The molecule has 1 amide bonds. The molecular weight excluding hydrogens is 278 g/mol. The van der Waals surface area contributed by atoms with E-state index in [1.807, 2.05) is 30.3 Å². The Morgan fingerprint density at radius 3 is 2.67 bits per heavy atom. The lowest BCUT2D eigenvalue weighted by Crippen LogP contribution is -2.34. The molecule has 2 aliphatic heterocycles. The van der Waals surface area contributed by atoms with Gasteiger partial charge in [-0.25, -0.2) is 14.4 Å². The molecule has 0 unspecified atom stereocenters. The molecule has 3 atom stereocenters. The number of rotatable bonds is 3. The Morgan fingerprint density at radius 1 is 1.29 bits per heavy atom. The number of ether oxygens (including phenoxy) is 3. The lowest BCUT2D eigenvalue weighted by molar-refractivity contribution is -0.163. The fourth-order valence-electron chi connectivity index (χ4n) is 2.41. The van der Waals surface area contributed by atoms with E-state index in [9.17, 15) is 14.4 Å². The largest absolute Gasteiger partial charge is 0.466 e. The number of cyclic esters (lactones) is 1. The van der Waals surface area contributed by atoms with E-state index in [0.29, 0.717) is 0 Å². The zero-order chi connectivity index (χ0) is 15.0. The molecule has 2 heterocycles. The molecular formula is C14H13NO6. The van der Waals surface area contributed by atoms with Crippen LogP contribution in [0.3, 0.4) is 0 Å². The first kappa shape index (κ1) is 13.4. The molecule has 0 aromatic heterocycles. The first-order valence-corrected chi connectivity index (χ1v) is 6.41. The van der Waals surface area contributed by atoms with Crippen LogP contribution in [-0.2, 0) is 30.4 Å². The summed E-state index contributed by atoms with van der Waals surface area (Å²) in [6.07, 6.45) is -1.70. The van der Waals surface area contributed by atoms with Gasteiger partial charge in [-0.15, -0.1) is 0 Å². The normalized spacial score (nSPS) is 25.9. The maximum atomic E-state index is 11.9. The molecule has 1 aromatic carbocycles. The molecule has 21 heavy (non-hydrogen) atoms. The monoisotopic (exact) mass is 291 g/mol. The molecule has 7 heteroatoms. The average molecular weight is 291 g/mol. The van der Waals surface area contributed by atoms with Gasteiger partial charge in [0, 0.05) is 0 Å². The van der Waals surface area contributed by atoms with Crippen LogP contribution >= 0.6 is 0 Å². The Morgan fingerprint density at radius 2 is 2.00 bits per heavy atom. The van der Waals surface area contributed by atoms with Gasteiger partial charge in [-0.3, -0.25) is 4.90 Å². The van der Waals surface area contributed by atoms with E-state index in [-0.39, 0.29) is 6.61 Å². The number of fused-ring (bicyclic) bond motifs is 1. The maximum Gasteiger partial charge on any atom is 0.411 e. The van der Waals surface area contributed by atoms with Gasteiger partial charge < -0.3 is 14.2 Å². The molecule has 0 N–H and O–H groups in total. The van der Waals surface area contributed by atoms with Crippen molar-refractivity contribution in [2.45, 2.75) is 24.8 Å². The highest BCUT2D eigenvalue weighted by molar-refractivity contribution is 5.96. The number of nitrogens with zero attached hydrogens (tertiary/aromatic N) is 1. The zero-order valence-corrected chi connectivity index (χ0v) is 11.2. The van der Waals surface area contributed by atoms with Crippen molar-refractivity contribution in [1.29, 1.82) is 0 Å². The summed E-state index contributed by atoms with van der Waals surface area (Å²) in [5, 5.41) is 0. The number of hydrogen-bond donors (Lipinski definition) is 0. The van der Waals surface area contributed by atoms with E-state index in [1.54, 1.807) is 0 Å². The number of benzene rings is 1. The third-order valence-corrected chi connectivity index (χ3v) is 3.50. The number of hydrogen-bond acceptors (Lipinski definition) is 6. The van der Waals surface area contributed by atoms with Crippen LogP contribution in [0.2, 0.25) is 0 Å². The minimum atomic E-state index is -1.06. The fourth-order valence-corrected chi connectivity index (χ4v) is 2.41. The maximum absolute atomic E-state index is 11.9. The summed E-state index contributed by atoms with van der Waals surface area (Å²) < 4.78 is 14.5. The van der Waals surface area contributed by atoms with Crippen molar-refractivity contribution in [1.82, 2.24) is 4.90 Å². The van der Waals surface area contributed by atoms with Crippen LogP contribution in [-0.4, -0.2) is 48.2 Å². The summed E-state index contributed by atoms with van der Waals surface area (Å²) in [6.45, 7) is 0.105. The van der Waals surface area contributed by atoms with E-state index in [1.165, 1.54) is 12.0 Å². The predicted molar refractivity (Wildman–Crippen MR) is 67.9 cm³/mol. The van der Waals surface area contributed by atoms with Crippen LogP contribution in [0.4, 0.5) is 4.79 Å². The van der Waals surface area contributed by atoms with Crippen molar-refractivity contribution in [3.63, 3.8) is 0 Å². The van der Waals surface area contributed by atoms with Gasteiger partial charge in [0.1, 0.15) is 12.6 Å². The molecule has 2 fully saturated rings. The number of carbonyl (C=O) groups excluding carboxylic acids is 3. The van der Waals surface area contributed by atoms with Crippen molar-refractivity contribution in [2.75, 3.05) is 7.11 Å². The van der Waals surface area contributed by atoms with Crippen LogP contribution in [0.5, 0.6) is 0 Å². The molecule has 0 saturated carbocycles. The van der Waals surface area contributed by atoms with Crippen LogP contribution in [0, 0.1) is 0 Å². The zero-order valence-electron chi connectivity index (χ0n) is 11.2. The third kappa shape index (κ3) is 2.31. The Labute approximate surface area is 120 Å². The summed E-state index contributed by atoms with van der Waals surface area (Å²) in [5.74, 6) is -1.28. The molecule has 0 bridgehead atoms. The van der Waals surface area contributed by atoms with E-state index in [2.05, 4.69) is 4.74 Å². The highest BCUT2D eigenvalue weighted by Gasteiger charge is 2.69. The van der Waals surface area contributed by atoms with Crippen molar-refractivity contribution in [3.05, 3.63) is 35.9 Å². The molecule has 3 rings (SSSR count). The average Bonchev–Trinajstić information content (AvgIpc) is 3.17. The molecule has 0 aliphatic carbocycles. The minimum Gasteiger partial charge on any atom is -0.466 e. The topological polar surface area (TPSA) is 81.9 Å². The Balaban J connectivity index is 1.60. The van der Waals surface area contributed by atoms with E-state index >= 15 is 0 Å². The van der Waals surface area contributed by atoms with Crippen molar-refractivity contribution >= 4 is 18.0 Å². The highest BCUT2D eigenvalue weighted by atomic mass is 16.6. The molecule has 2 saturated heterocycles. The molecule has 1 aromatic rings. The number of amides is 1. The standard InChI is InChI=1S/C14H13NO6/c1-19-13(17)11-9-10(12(16)21-11)15(9)14(18)20-7-8-5-3-2-4-6-8/h2-6,9-11H,7H2,1H3/t9-,10+,11+,15?/m1/s1. The van der Waals surface area contributed by atoms with E-state index in [4.69, 9.17) is 9.47 Å². The van der Waals surface area contributed by atoms with E-state index < -0.39 is 36.2 Å². The summed E-state index contributed by atoms with van der Waals surface area (Å²) >= 11 is 0. The van der Waals surface area contributed by atoms with Crippen LogP contribution in [0.15, 0.2) is 30.3 Å². The summed E-state index contributed by atoms with van der Waals surface area (Å²) in [4.78, 5) is 36.2. The molecule has 7 nitrogen and oxygen atoms in total. The third-order valence-electron chi connectivity index (χ3n) is 3.50. The number of methoxy groups -OCH3 is 1. The second-order valence-corrected chi connectivity index (χ2v) is 4.76. The predicted octanol–water partition coefficient (Wildman–Crippen LogP) is 0.474. The van der Waals surface area contributed by atoms with Crippen molar-refractivity contribution in [2.24, 2.45) is 0 Å². The molecule has 110 valence electrons. The minimum absolute atomic E-state index is 0.105. The van der Waals surface area contributed by atoms with Gasteiger partial charge in [-0.2, -0.15) is 0 Å². The number of esters is 2. The first-order valence-electron chi connectivity index (χ1n) is 6.41. The van der Waals surface area contributed by atoms with Gasteiger partial charge in [0.05, 0.1) is 7.11 Å². The summed E-state index contributed by atoms with van der Waals surface area (Å²) in [6, 6.07) is 7.81.